The molecule has 0 radical (unpaired) electrons. The van der Waals surface area contributed by atoms with Gasteiger partial charge in [-0.1, -0.05) is 42.0 Å². The smallest absolute Gasteiger partial charge is 0.308 e. The Labute approximate surface area is 194 Å². The molecule has 2 aliphatic rings. The van der Waals surface area contributed by atoms with Gasteiger partial charge in [-0.2, -0.15) is 0 Å². The fourth-order valence-electron chi connectivity index (χ4n) is 5.17. The normalized spacial score (nSPS) is 19.7. The van der Waals surface area contributed by atoms with E-state index in [-0.39, 0.29) is 17.9 Å². The average molecular weight is 441 g/mol. The van der Waals surface area contributed by atoms with E-state index in [0.29, 0.717) is 17.2 Å². The number of carbonyl (C=O) groups excluding carboxylic acids is 2. The van der Waals surface area contributed by atoms with Gasteiger partial charge < -0.3 is 14.5 Å². The van der Waals surface area contributed by atoms with Crippen molar-refractivity contribution >= 4 is 17.6 Å². The van der Waals surface area contributed by atoms with Gasteiger partial charge in [-0.3, -0.25) is 9.59 Å². The number of aryl methyl sites for hydroxylation is 1. The van der Waals surface area contributed by atoms with Gasteiger partial charge in [-0.25, -0.2) is 0 Å². The summed E-state index contributed by atoms with van der Waals surface area (Å²) in [5.41, 5.74) is 6.30. The van der Waals surface area contributed by atoms with E-state index in [1.807, 2.05) is 41.3 Å². The Kier molecular flexibility index (Phi) is 5.51. The third kappa shape index (κ3) is 4.05. The minimum atomic E-state index is -0.337. The lowest BCUT2D eigenvalue weighted by molar-refractivity contribution is -0.131. The summed E-state index contributed by atoms with van der Waals surface area (Å²) in [5, 5.41) is 0. The molecule has 1 saturated heterocycles. The second-order valence-corrected chi connectivity index (χ2v) is 9.16. The van der Waals surface area contributed by atoms with Crippen LogP contribution in [0, 0.1) is 6.92 Å². The first-order valence-corrected chi connectivity index (χ1v) is 11.4. The van der Waals surface area contributed by atoms with Gasteiger partial charge in [0.2, 0.25) is 0 Å². The first kappa shape index (κ1) is 21.4. The van der Waals surface area contributed by atoms with E-state index in [2.05, 4.69) is 37.1 Å². The molecule has 2 atom stereocenters. The maximum atomic E-state index is 13.7. The van der Waals surface area contributed by atoms with Gasteiger partial charge in [0, 0.05) is 36.7 Å². The summed E-state index contributed by atoms with van der Waals surface area (Å²) in [4.78, 5) is 29.2. The van der Waals surface area contributed by atoms with Crippen LogP contribution in [0.2, 0.25) is 0 Å². The van der Waals surface area contributed by atoms with Gasteiger partial charge in [0.15, 0.2) is 0 Å². The molecule has 0 aliphatic carbocycles. The second-order valence-electron chi connectivity index (χ2n) is 9.16. The molecule has 0 spiro atoms. The summed E-state index contributed by atoms with van der Waals surface area (Å²) < 4.78 is 5.11. The summed E-state index contributed by atoms with van der Waals surface area (Å²) in [7, 11) is 2.16. The van der Waals surface area contributed by atoms with Gasteiger partial charge >= 0.3 is 5.97 Å². The Balaban J connectivity index is 1.41. The number of likely N-dealkylation sites (N-methyl/N-ethyl adjacent to an activating group) is 1. The first-order valence-electron chi connectivity index (χ1n) is 11.4. The molecule has 168 valence electrons. The molecule has 1 amide bonds. The van der Waals surface area contributed by atoms with Crippen molar-refractivity contribution in [2.45, 2.75) is 32.2 Å². The van der Waals surface area contributed by atoms with Crippen molar-refractivity contribution < 1.29 is 14.3 Å². The highest BCUT2D eigenvalue weighted by molar-refractivity contribution is 6.08. The van der Waals surface area contributed by atoms with Crippen LogP contribution in [0.3, 0.4) is 0 Å². The first-order chi connectivity index (χ1) is 15.9. The van der Waals surface area contributed by atoms with E-state index in [0.717, 1.165) is 36.3 Å². The summed E-state index contributed by atoms with van der Waals surface area (Å²) in [6.07, 6.45) is 0.980. The van der Waals surface area contributed by atoms with Gasteiger partial charge in [-0.05, 0) is 74.0 Å². The third-order valence-electron chi connectivity index (χ3n) is 6.75. The Morgan fingerprint density at radius 3 is 2.27 bits per heavy atom. The van der Waals surface area contributed by atoms with Gasteiger partial charge in [0.25, 0.3) is 5.91 Å². The zero-order valence-electron chi connectivity index (χ0n) is 19.2. The largest absolute Gasteiger partial charge is 0.427 e. The van der Waals surface area contributed by atoms with E-state index in [4.69, 9.17) is 4.74 Å². The van der Waals surface area contributed by atoms with Crippen molar-refractivity contribution in [3.05, 3.63) is 83.4 Å². The number of hydrogen-bond acceptors (Lipinski definition) is 4. The fraction of sp³-hybridized carbons (Fsp3) is 0.286. The molecule has 2 unspecified atom stereocenters. The monoisotopic (exact) mass is 440 g/mol. The van der Waals surface area contributed by atoms with Crippen LogP contribution in [0.15, 0.2) is 66.7 Å². The van der Waals surface area contributed by atoms with Crippen LogP contribution in [0.4, 0.5) is 5.69 Å². The number of benzene rings is 3. The van der Waals surface area contributed by atoms with Gasteiger partial charge in [0.1, 0.15) is 5.75 Å². The van der Waals surface area contributed by atoms with Crippen LogP contribution in [-0.2, 0) is 4.79 Å². The molecule has 3 aromatic rings. The number of hydrogen-bond donors (Lipinski definition) is 0. The summed E-state index contributed by atoms with van der Waals surface area (Å²) in [5.74, 6) is 0.608. The van der Waals surface area contributed by atoms with Crippen LogP contribution in [0.1, 0.15) is 40.7 Å². The van der Waals surface area contributed by atoms with Crippen molar-refractivity contribution in [3.63, 3.8) is 0 Å². The molecule has 1 fully saturated rings. The van der Waals surface area contributed by atoms with E-state index in [1.54, 1.807) is 12.1 Å². The quantitative estimate of drug-likeness (QED) is 0.423. The number of piperidine rings is 1. The van der Waals surface area contributed by atoms with Crippen molar-refractivity contribution in [2.24, 2.45) is 0 Å². The molecular weight excluding hydrogens is 412 g/mol. The Morgan fingerprint density at radius 2 is 1.61 bits per heavy atom. The Hall–Kier alpha value is -3.44. The van der Waals surface area contributed by atoms with Crippen LogP contribution < -0.4 is 9.64 Å². The summed E-state index contributed by atoms with van der Waals surface area (Å²) in [6.45, 7) is 5.48. The molecule has 0 saturated carbocycles. The lowest BCUT2D eigenvalue weighted by Crippen LogP contribution is -2.47. The zero-order chi connectivity index (χ0) is 23.1. The lowest BCUT2D eigenvalue weighted by Gasteiger charge is -2.36. The maximum absolute atomic E-state index is 13.7. The highest BCUT2D eigenvalue weighted by Gasteiger charge is 2.44. The number of carbonyl (C=O) groups is 2. The number of esters is 1. The van der Waals surface area contributed by atoms with Gasteiger partial charge in [0.05, 0.1) is 0 Å². The summed E-state index contributed by atoms with van der Waals surface area (Å²) >= 11 is 0. The summed E-state index contributed by atoms with van der Waals surface area (Å²) in [6, 6.07) is 21.8. The fourth-order valence-corrected chi connectivity index (χ4v) is 5.17. The maximum Gasteiger partial charge on any atom is 0.308 e. The van der Waals surface area contributed by atoms with Crippen molar-refractivity contribution in [1.82, 2.24) is 4.90 Å². The van der Waals surface area contributed by atoms with Crippen molar-refractivity contribution in [3.8, 4) is 16.9 Å². The van der Waals surface area contributed by atoms with E-state index < -0.39 is 0 Å². The van der Waals surface area contributed by atoms with Crippen molar-refractivity contribution in [2.75, 3.05) is 25.0 Å². The van der Waals surface area contributed by atoms with Crippen LogP contribution in [0.5, 0.6) is 5.75 Å². The number of nitrogens with zero attached hydrogens (tertiary/aromatic N) is 2. The SMILES string of the molecule is CC(=O)Oc1ccc(-c2ccc(C(=O)N3c4ccc(C)cc4C4CN(C)CCC43)cc2)cc1. The predicted octanol–water partition coefficient (Wildman–Crippen LogP) is 5.04. The van der Waals surface area contributed by atoms with Crippen molar-refractivity contribution in [1.29, 1.82) is 0 Å². The molecule has 33 heavy (non-hydrogen) atoms. The van der Waals surface area contributed by atoms with Crippen LogP contribution >= 0.6 is 0 Å². The molecule has 3 aromatic carbocycles. The molecule has 0 bridgehead atoms. The molecule has 5 rings (SSSR count). The number of fused-ring (bicyclic) bond motifs is 3. The minimum Gasteiger partial charge on any atom is -0.427 e. The van der Waals surface area contributed by atoms with E-state index in [1.165, 1.54) is 18.1 Å². The molecular formula is C28H28N2O3. The molecule has 2 aliphatic heterocycles. The molecule has 5 nitrogen and oxygen atoms in total. The number of likely N-dealkylation sites (tertiary alicyclic amines) is 1. The second kappa shape index (κ2) is 8.49. The Morgan fingerprint density at radius 1 is 0.939 bits per heavy atom. The zero-order valence-corrected chi connectivity index (χ0v) is 19.2. The molecule has 5 heteroatoms. The highest BCUT2D eigenvalue weighted by Crippen LogP contribution is 2.45. The molecule has 0 N–H and O–H groups in total. The average Bonchev–Trinajstić information content (AvgIpc) is 3.11. The molecule has 2 heterocycles. The topological polar surface area (TPSA) is 49.9 Å². The standard InChI is InChI=1S/C28H28N2O3/c1-18-4-13-26-24(16-18)25-17-29(3)15-14-27(25)30(26)28(32)22-7-5-20(6-8-22)21-9-11-23(12-10-21)33-19(2)31/h4-13,16,25,27H,14-15,17H2,1-3H3. The third-order valence-corrected chi connectivity index (χ3v) is 6.75. The minimum absolute atomic E-state index is 0.0638. The number of rotatable bonds is 3. The number of amides is 1. The number of anilines is 1. The van der Waals surface area contributed by atoms with Crippen LogP contribution in [-0.4, -0.2) is 43.0 Å². The Bertz CT molecular complexity index is 1200. The van der Waals surface area contributed by atoms with E-state index >= 15 is 0 Å². The predicted molar refractivity (Wildman–Crippen MR) is 130 cm³/mol. The lowest BCUT2D eigenvalue weighted by atomic mass is 9.88. The number of ether oxygens (including phenoxy) is 1. The van der Waals surface area contributed by atoms with Crippen LogP contribution in [0.25, 0.3) is 11.1 Å². The van der Waals surface area contributed by atoms with Gasteiger partial charge in [-0.15, -0.1) is 0 Å². The van der Waals surface area contributed by atoms with E-state index in [9.17, 15) is 9.59 Å². The molecule has 0 aromatic heterocycles. The highest BCUT2D eigenvalue weighted by atomic mass is 16.5.